The molecule has 2 heterocycles. The van der Waals surface area contributed by atoms with Gasteiger partial charge in [-0.2, -0.15) is 0 Å². The molecule has 1 saturated heterocycles. The molecule has 6 nitrogen and oxygen atoms in total. The molecule has 0 saturated carbocycles. The third-order valence-electron chi connectivity index (χ3n) is 4.60. The minimum atomic E-state index is -0.753. The highest BCUT2D eigenvalue weighted by molar-refractivity contribution is 14.0. The van der Waals surface area contributed by atoms with Crippen LogP contribution < -0.4 is 15.5 Å². The lowest BCUT2D eigenvalue weighted by Gasteiger charge is -2.20. The molecular weight excluding hydrogens is 524 g/mol. The van der Waals surface area contributed by atoms with Crippen LogP contribution in [0.1, 0.15) is 25.0 Å². The smallest absolute Gasteiger partial charge is 0.191 e. The van der Waals surface area contributed by atoms with Crippen molar-refractivity contribution in [1.82, 2.24) is 15.6 Å². The lowest BCUT2D eigenvalue weighted by molar-refractivity contribution is 0.187. The van der Waals surface area contributed by atoms with E-state index in [2.05, 4.69) is 25.5 Å². The second-order valence-electron chi connectivity index (χ2n) is 6.64. The van der Waals surface area contributed by atoms with Gasteiger partial charge in [0.15, 0.2) is 5.96 Å². The highest BCUT2D eigenvalue weighted by atomic mass is 127. The molecule has 0 bridgehead atoms. The third-order valence-corrected chi connectivity index (χ3v) is 5.24. The van der Waals surface area contributed by atoms with Crippen LogP contribution >= 0.6 is 47.2 Å². The van der Waals surface area contributed by atoms with Gasteiger partial charge in [0.05, 0.1) is 11.6 Å². The van der Waals surface area contributed by atoms with Gasteiger partial charge in [0, 0.05) is 42.5 Å². The second kappa shape index (κ2) is 11.8. The van der Waals surface area contributed by atoms with Crippen LogP contribution in [-0.2, 0) is 0 Å². The number of aromatic nitrogens is 1. The first-order chi connectivity index (χ1) is 13.6. The molecule has 3 rings (SSSR count). The maximum absolute atomic E-state index is 10.4. The van der Waals surface area contributed by atoms with Crippen LogP contribution in [0.25, 0.3) is 0 Å². The van der Waals surface area contributed by atoms with Crippen LogP contribution in [0.5, 0.6) is 0 Å². The summed E-state index contributed by atoms with van der Waals surface area (Å²) in [5.41, 5.74) is 0.681. The largest absolute Gasteiger partial charge is 0.386 e. The van der Waals surface area contributed by atoms with E-state index >= 15 is 0 Å². The lowest BCUT2D eigenvalue weighted by atomic mass is 10.1. The van der Waals surface area contributed by atoms with Crippen molar-refractivity contribution in [2.45, 2.75) is 25.5 Å². The second-order valence-corrected chi connectivity index (χ2v) is 7.46. The van der Waals surface area contributed by atoms with Crippen LogP contribution in [0.15, 0.2) is 47.6 Å². The summed E-state index contributed by atoms with van der Waals surface area (Å²) >= 11 is 12.4. The minimum Gasteiger partial charge on any atom is -0.386 e. The van der Waals surface area contributed by atoms with Gasteiger partial charge in [0.25, 0.3) is 0 Å². The molecule has 1 aromatic carbocycles. The van der Waals surface area contributed by atoms with Gasteiger partial charge >= 0.3 is 0 Å². The number of nitrogens with one attached hydrogen (secondary N) is 2. The molecule has 0 radical (unpaired) electrons. The molecule has 3 N–H and O–H groups in total. The fourth-order valence-electron chi connectivity index (χ4n) is 3.22. The average molecular weight is 550 g/mol. The van der Waals surface area contributed by atoms with Crippen molar-refractivity contribution in [3.63, 3.8) is 0 Å². The molecule has 2 aromatic rings. The van der Waals surface area contributed by atoms with E-state index in [-0.39, 0.29) is 36.6 Å². The van der Waals surface area contributed by atoms with Gasteiger partial charge in [-0.25, -0.2) is 4.98 Å². The van der Waals surface area contributed by atoms with E-state index in [0.29, 0.717) is 21.6 Å². The third kappa shape index (κ3) is 6.60. The van der Waals surface area contributed by atoms with Crippen molar-refractivity contribution in [3.05, 3.63) is 58.2 Å². The maximum atomic E-state index is 10.4. The summed E-state index contributed by atoms with van der Waals surface area (Å²) in [7, 11) is 0. The van der Waals surface area contributed by atoms with Crippen LogP contribution in [0.2, 0.25) is 10.0 Å². The van der Waals surface area contributed by atoms with Crippen molar-refractivity contribution in [2.24, 2.45) is 4.99 Å². The standard InChI is InChI=1S/C20H25Cl2N5O.HI/c1-2-23-20(25-12-18(28)15-6-3-4-7-16(15)21)26-14-9-11-27(13-14)19-17(22)8-5-10-24-19;/h3-8,10,14,18,28H,2,9,11-13H2,1H3,(H2,23,25,26);1H. The van der Waals surface area contributed by atoms with Gasteiger partial charge in [-0.15, -0.1) is 24.0 Å². The van der Waals surface area contributed by atoms with Crippen molar-refractivity contribution in [3.8, 4) is 0 Å². The van der Waals surface area contributed by atoms with Crippen molar-refractivity contribution < 1.29 is 5.11 Å². The summed E-state index contributed by atoms with van der Waals surface area (Å²) in [5, 5.41) is 18.3. The number of halogens is 3. The Morgan fingerprint density at radius 3 is 2.76 bits per heavy atom. The normalized spacial score (nSPS) is 17.6. The highest BCUT2D eigenvalue weighted by Crippen LogP contribution is 2.26. The van der Waals surface area contributed by atoms with Crippen LogP contribution in [0, 0.1) is 0 Å². The fourth-order valence-corrected chi connectivity index (χ4v) is 3.72. The maximum Gasteiger partial charge on any atom is 0.191 e. The topological polar surface area (TPSA) is 72.8 Å². The number of aliphatic imine (C=N–C) groups is 1. The number of hydrogen-bond acceptors (Lipinski definition) is 4. The van der Waals surface area contributed by atoms with Gasteiger partial charge < -0.3 is 20.6 Å². The molecule has 2 atom stereocenters. The van der Waals surface area contributed by atoms with E-state index in [1.807, 2.05) is 37.3 Å². The summed E-state index contributed by atoms with van der Waals surface area (Å²) in [4.78, 5) is 11.1. The Morgan fingerprint density at radius 1 is 1.28 bits per heavy atom. The predicted octanol–water partition coefficient (Wildman–Crippen LogP) is 3.87. The molecule has 1 fully saturated rings. The van der Waals surface area contributed by atoms with Crippen molar-refractivity contribution >= 4 is 59.0 Å². The molecule has 0 spiro atoms. The van der Waals surface area contributed by atoms with E-state index < -0.39 is 6.10 Å². The van der Waals surface area contributed by atoms with E-state index in [1.165, 1.54) is 0 Å². The number of pyridine rings is 1. The van der Waals surface area contributed by atoms with Crippen LogP contribution in [0.3, 0.4) is 0 Å². The zero-order valence-corrected chi connectivity index (χ0v) is 20.0. The monoisotopic (exact) mass is 549 g/mol. The molecule has 0 aliphatic carbocycles. The molecule has 9 heteroatoms. The van der Waals surface area contributed by atoms with Crippen molar-refractivity contribution in [2.75, 3.05) is 31.1 Å². The van der Waals surface area contributed by atoms with Gasteiger partial charge in [-0.1, -0.05) is 41.4 Å². The summed E-state index contributed by atoms with van der Waals surface area (Å²) in [6.45, 7) is 4.62. The molecule has 29 heavy (non-hydrogen) atoms. The zero-order chi connectivity index (χ0) is 19.9. The predicted molar refractivity (Wildman–Crippen MR) is 131 cm³/mol. The Hall–Kier alpha value is -1.29. The molecule has 2 unspecified atom stereocenters. The molecule has 1 aromatic heterocycles. The molecule has 1 aliphatic heterocycles. The average Bonchev–Trinajstić information content (AvgIpc) is 3.15. The minimum absolute atomic E-state index is 0. The Balaban J connectivity index is 0.00000300. The SMILES string of the molecule is CCNC(=NCC(O)c1ccccc1Cl)NC1CCN(c2ncccc2Cl)C1.I. The van der Waals surface area contributed by atoms with E-state index in [9.17, 15) is 5.11 Å². The first-order valence-corrected chi connectivity index (χ1v) is 10.2. The summed E-state index contributed by atoms with van der Waals surface area (Å²) in [5.74, 6) is 1.48. The quantitative estimate of drug-likeness (QED) is 0.290. The Labute approximate surface area is 198 Å². The van der Waals surface area contributed by atoms with E-state index in [4.69, 9.17) is 23.2 Å². The van der Waals surface area contributed by atoms with Gasteiger partial charge in [0.1, 0.15) is 11.9 Å². The van der Waals surface area contributed by atoms with Gasteiger partial charge in [-0.05, 0) is 31.5 Å². The number of aliphatic hydroxyl groups excluding tert-OH is 1. The summed E-state index contributed by atoms with van der Waals surface area (Å²) in [6.07, 6.45) is 1.95. The molecule has 0 amide bonds. The van der Waals surface area contributed by atoms with Gasteiger partial charge in [-0.3, -0.25) is 4.99 Å². The molecule has 158 valence electrons. The number of anilines is 1. The van der Waals surface area contributed by atoms with E-state index in [1.54, 1.807) is 12.3 Å². The number of benzene rings is 1. The molecular formula is C20H26Cl2IN5O. The van der Waals surface area contributed by atoms with Gasteiger partial charge in [0.2, 0.25) is 0 Å². The molecule has 1 aliphatic rings. The summed E-state index contributed by atoms with van der Waals surface area (Å²) in [6, 6.07) is 11.2. The van der Waals surface area contributed by atoms with Crippen LogP contribution in [-0.4, -0.2) is 48.3 Å². The number of rotatable bonds is 6. The number of hydrogen-bond donors (Lipinski definition) is 3. The van der Waals surface area contributed by atoms with Crippen LogP contribution in [0.4, 0.5) is 5.82 Å². The highest BCUT2D eigenvalue weighted by Gasteiger charge is 2.25. The Bertz CT molecular complexity index is 823. The van der Waals surface area contributed by atoms with E-state index in [0.717, 1.165) is 31.9 Å². The first kappa shape index (κ1) is 24.0. The zero-order valence-electron chi connectivity index (χ0n) is 16.2. The Morgan fingerprint density at radius 2 is 2.03 bits per heavy atom. The number of aliphatic hydroxyl groups is 1. The fraction of sp³-hybridized carbons (Fsp3) is 0.400. The van der Waals surface area contributed by atoms with Crippen molar-refractivity contribution in [1.29, 1.82) is 0 Å². The lowest BCUT2D eigenvalue weighted by Crippen LogP contribution is -2.44. The number of guanidine groups is 1. The number of nitrogens with zero attached hydrogens (tertiary/aromatic N) is 3. The Kier molecular flexibility index (Phi) is 9.74. The first-order valence-electron chi connectivity index (χ1n) is 9.41. The summed E-state index contributed by atoms with van der Waals surface area (Å²) < 4.78 is 0.